The summed E-state index contributed by atoms with van der Waals surface area (Å²) in [4.78, 5) is 10.6. The molecule has 0 aliphatic rings. The van der Waals surface area contributed by atoms with Crippen LogP contribution in [0.25, 0.3) is 0 Å². The summed E-state index contributed by atoms with van der Waals surface area (Å²) in [7, 11) is 3.75. The van der Waals surface area contributed by atoms with Gasteiger partial charge in [-0.15, -0.1) is 0 Å². The van der Waals surface area contributed by atoms with Crippen LogP contribution in [0.5, 0.6) is 0 Å². The molecule has 0 saturated carbocycles. The van der Waals surface area contributed by atoms with Crippen LogP contribution in [0.3, 0.4) is 0 Å². The van der Waals surface area contributed by atoms with E-state index in [0.29, 0.717) is 6.54 Å². The molecule has 0 fully saturated rings. The van der Waals surface area contributed by atoms with Gasteiger partial charge in [-0.2, -0.15) is 0 Å². The quantitative estimate of drug-likeness (QED) is 0.446. The molecule has 13 heavy (non-hydrogen) atoms. The maximum absolute atomic E-state index is 10.6. The fourth-order valence-corrected chi connectivity index (χ4v) is 0.548. The Morgan fingerprint density at radius 2 is 1.92 bits per heavy atom. The first kappa shape index (κ1) is 14.9. The molecule has 1 atom stereocenters. The Morgan fingerprint density at radius 1 is 1.46 bits per heavy atom. The van der Waals surface area contributed by atoms with Gasteiger partial charge in [0, 0.05) is 6.54 Å². The maximum atomic E-state index is 10.6. The molecule has 0 rings (SSSR count). The minimum absolute atomic E-state index is 0.0235. The van der Waals surface area contributed by atoms with Gasteiger partial charge in [0.25, 0.3) is 0 Å². The molecule has 0 aromatic carbocycles. The second-order valence-corrected chi connectivity index (χ2v) is 2.49. The number of carbonyl (C=O) groups is 1. The van der Waals surface area contributed by atoms with Crippen molar-refractivity contribution >= 4 is 5.91 Å². The summed E-state index contributed by atoms with van der Waals surface area (Å²) in [5.41, 5.74) is 0. The number of rotatable bonds is 4. The van der Waals surface area contributed by atoms with E-state index in [4.69, 9.17) is 10.2 Å². The lowest BCUT2D eigenvalue weighted by atomic mass is 10.2. The second-order valence-electron chi connectivity index (χ2n) is 2.49. The number of hydrogen-bond donors (Lipinski definition) is 4. The normalized spacial score (nSPS) is 11.2. The van der Waals surface area contributed by atoms with Gasteiger partial charge in [0.1, 0.15) is 0 Å². The molecule has 0 aliphatic carbocycles. The van der Waals surface area contributed by atoms with Crippen molar-refractivity contribution in [1.82, 2.24) is 10.6 Å². The van der Waals surface area contributed by atoms with E-state index < -0.39 is 6.10 Å². The average Bonchev–Trinajstić information content (AvgIpc) is 2.06. The fraction of sp³-hybridized carbons (Fsp3) is 0.875. The van der Waals surface area contributed by atoms with E-state index in [1.807, 2.05) is 14.1 Å². The molecular formula is C8H20N2O3. The van der Waals surface area contributed by atoms with Crippen LogP contribution in [0.1, 0.15) is 13.3 Å². The minimum Gasteiger partial charge on any atom is -0.394 e. The third-order valence-electron chi connectivity index (χ3n) is 1.01. The molecule has 80 valence electrons. The lowest BCUT2D eigenvalue weighted by Gasteiger charge is -2.05. The highest BCUT2D eigenvalue weighted by molar-refractivity contribution is 5.76. The van der Waals surface area contributed by atoms with Crippen LogP contribution in [0.2, 0.25) is 0 Å². The van der Waals surface area contributed by atoms with Crippen molar-refractivity contribution in [1.29, 1.82) is 0 Å². The maximum Gasteiger partial charge on any atom is 0.222 e. The van der Waals surface area contributed by atoms with Crippen molar-refractivity contribution in [2.24, 2.45) is 0 Å². The Hall–Kier alpha value is -0.650. The highest BCUT2D eigenvalue weighted by Gasteiger charge is 2.07. The number of aliphatic hydroxyl groups is 2. The van der Waals surface area contributed by atoms with Crippen LogP contribution in [0, 0.1) is 0 Å². The number of aliphatic hydroxyl groups excluding tert-OH is 2. The monoisotopic (exact) mass is 192 g/mol. The van der Waals surface area contributed by atoms with Crippen molar-refractivity contribution in [3.8, 4) is 0 Å². The van der Waals surface area contributed by atoms with Crippen LogP contribution >= 0.6 is 0 Å². The summed E-state index contributed by atoms with van der Waals surface area (Å²) < 4.78 is 0. The summed E-state index contributed by atoms with van der Waals surface area (Å²) in [6, 6.07) is 0. The van der Waals surface area contributed by atoms with Gasteiger partial charge in [0.05, 0.1) is 19.1 Å². The van der Waals surface area contributed by atoms with Crippen molar-refractivity contribution in [3.63, 3.8) is 0 Å². The van der Waals surface area contributed by atoms with Gasteiger partial charge in [0.2, 0.25) is 5.91 Å². The van der Waals surface area contributed by atoms with E-state index in [1.165, 1.54) is 0 Å². The highest BCUT2D eigenvalue weighted by atomic mass is 16.3. The SMILES string of the molecule is CCNC(=O)CC(O)CO.CNC. The molecule has 0 aromatic heterocycles. The predicted octanol–water partition coefficient (Wildman–Crippen LogP) is -1.30. The fourth-order valence-electron chi connectivity index (χ4n) is 0.548. The predicted molar refractivity (Wildman–Crippen MR) is 51.4 cm³/mol. The molecule has 4 N–H and O–H groups in total. The molecule has 5 heteroatoms. The first-order valence-electron chi connectivity index (χ1n) is 4.26. The van der Waals surface area contributed by atoms with Gasteiger partial charge < -0.3 is 20.8 Å². The molecule has 1 amide bonds. The van der Waals surface area contributed by atoms with E-state index in [0.717, 1.165) is 0 Å². The Morgan fingerprint density at radius 3 is 2.23 bits per heavy atom. The zero-order valence-corrected chi connectivity index (χ0v) is 8.50. The lowest BCUT2D eigenvalue weighted by molar-refractivity contribution is -0.123. The molecule has 0 saturated heterocycles. The molecule has 0 aliphatic heterocycles. The third kappa shape index (κ3) is 14.2. The van der Waals surface area contributed by atoms with Crippen LogP contribution in [-0.2, 0) is 4.79 Å². The van der Waals surface area contributed by atoms with Gasteiger partial charge in [-0.1, -0.05) is 0 Å². The molecule has 0 bridgehead atoms. The van der Waals surface area contributed by atoms with Gasteiger partial charge in [-0.25, -0.2) is 0 Å². The van der Waals surface area contributed by atoms with Crippen LogP contribution in [-0.4, -0.2) is 49.5 Å². The Bertz CT molecular complexity index is 120. The summed E-state index contributed by atoms with van der Waals surface area (Å²) >= 11 is 0. The Kier molecular flexibility index (Phi) is 13.0. The van der Waals surface area contributed by atoms with Gasteiger partial charge in [-0.3, -0.25) is 4.79 Å². The smallest absolute Gasteiger partial charge is 0.222 e. The number of carbonyl (C=O) groups excluding carboxylic acids is 1. The number of nitrogens with one attached hydrogen (secondary N) is 2. The summed E-state index contributed by atoms with van der Waals surface area (Å²) in [6.07, 6.45) is -0.948. The minimum atomic E-state index is -0.924. The average molecular weight is 192 g/mol. The molecular weight excluding hydrogens is 172 g/mol. The summed E-state index contributed by atoms with van der Waals surface area (Å²) in [6.45, 7) is 1.98. The standard InChI is InChI=1S/C6H13NO3.C2H7N/c1-2-7-6(10)3-5(9)4-8;1-3-2/h5,8-9H,2-4H2,1H3,(H,7,10);3H,1-2H3. The molecule has 0 spiro atoms. The van der Waals surface area contributed by atoms with Gasteiger partial charge in [0.15, 0.2) is 0 Å². The number of hydrogen-bond acceptors (Lipinski definition) is 4. The van der Waals surface area contributed by atoms with E-state index in [1.54, 1.807) is 6.92 Å². The highest BCUT2D eigenvalue weighted by Crippen LogP contribution is 1.88. The van der Waals surface area contributed by atoms with Crippen molar-refractivity contribution in [2.45, 2.75) is 19.4 Å². The largest absolute Gasteiger partial charge is 0.394 e. The Balaban J connectivity index is 0. The van der Waals surface area contributed by atoms with E-state index >= 15 is 0 Å². The van der Waals surface area contributed by atoms with Crippen LogP contribution < -0.4 is 10.6 Å². The molecule has 1 unspecified atom stereocenters. The molecule has 0 aromatic rings. The first-order chi connectivity index (χ1) is 6.12. The number of amides is 1. The van der Waals surface area contributed by atoms with Crippen molar-refractivity contribution in [2.75, 3.05) is 27.2 Å². The topological polar surface area (TPSA) is 81.6 Å². The van der Waals surface area contributed by atoms with E-state index in [-0.39, 0.29) is 18.9 Å². The third-order valence-corrected chi connectivity index (χ3v) is 1.01. The Labute approximate surface area is 79.1 Å². The van der Waals surface area contributed by atoms with Crippen molar-refractivity contribution in [3.05, 3.63) is 0 Å². The summed E-state index contributed by atoms with van der Waals surface area (Å²) in [5, 5.41) is 22.3. The first-order valence-corrected chi connectivity index (χ1v) is 4.26. The van der Waals surface area contributed by atoms with Crippen LogP contribution in [0.4, 0.5) is 0 Å². The zero-order valence-electron chi connectivity index (χ0n) is 8.50. The summed E-state index contributed by atoms with van der Waals surface area (Å²) in [5.74, 6) is -0.232. The van der Waals surface area contributed by atoms with Gasteiger partial charge in [-0.05, 0) is 21.0 Å². The van der Waals surface area contributed by atoms with Gasteiger partial charge >= 0.3 is 0 Å². The van der Waals surface area contributed by atoms with E-state index in [2.05, 4.69) is 10.6 Å². The van der Waals surface area contributed by atoms with Crippen LogP contribution in [0.15, 0.2) is 0 Å². The molecule has 5 nitrogen and oxygen atoms in total. The second kappa shape index (κ2) is 11.4. The lowest BCUT2D eigenvalue weighted by Crippen LogP contribution is -2.28. The van der Waals surface area contributed by atoms with Crippen molar-refractivity contribution < 1.29 is 15.0 Å². The molecule has 0 heterocycles. The zero-order chi connectivity index (χ0) is 10.7. The van der Waals surface area contributed by atoms with E-state index in [9.17, 15) is 4.79 Å². The molecule has 0 radical (unpaired) electrons.